The molecule has 0 aromatic rings. The van der Waals surface area contributed by atoms with Gasteiger partial charge in [0.2, 0.25) is 6.29 Å². The Balaban J connectivity index is 1.39. The van der Waals surface area contributed by atoms with E-state index < -0.39 is 18.0 Å². The summed E-state index contributed by atoms with van der Waals surface area (Å²) in [6, 6.07) is 0. The van der Waals surface area contributed by atoms with Crippen molar-refractivity contribution in [1.29, 1.82) is 0 Å². The lowest BCUT2D eigenvalue weighted by Crippen LogP contribution is -2.60. The summed E-state index contributed by atoms with van der Waals surface area (Å²) < 4.78 is 24.2. The number of hydrogen-bond acceptors (Lipinski definition) is 6. The van der Waals surface area contributed by atoms with Crippen LogP contribution < -0.4 is 0 Å². The Morgan fingerprint density at radius 1 is 1.00 bits per heavy atom. The topological polar surface area (TPSA) is 71.1 Å². The van der Waals surface area contributed by atoms with Crippen LogP contribution in [-0.4, -0.2) is 36.2 Å². The van der Waals surface area contributed by atoms with Gasteiger partial charge in [0.15, 0.2) is 11.9 Å². The fourth-order valence-corrected chi connectivity index (χ4v) is 10.1. The summed E-state index contributed by atoms with van der Waals surface area (Å²) in [6.07, 6.45) is 7.84. The van der Waals surface area contributed by atoms with Crippen molar-refractivity contribution in [2.75, 3.05) is 0 Å². The Morgan fingerprint density at radius 3 is 2.55 bits per heavy atom. The van der Waals surface area contributed by atoms with Crippen molar-refractivity contribution in [1.82, 2.24) is 0 Å². The second kappa shape index (κ2) is 6.96. The molecule has 2 bridgehead atoms. The maximum Gasteiger partial charge on any atom is 0.311 e. The number of fused-ring (bicyclic) bond motifs is 7. The molecule has 33 heavy (non-hydrogen) atoms. The number of hydrogen-bond donors (Lipinski definition) is 0. The summed E-state index contributed by atoms with van der Waals surface area (Å²) in [6.45, 7) is 11.5. The van der Waals surface area contributed by atoms with Gasteiger partial charge in [0, 0.05) is 12.8 Å². The van der Waals surface area contributed by atoms with E-state index in [9.17, 15) is 9.59 Å². The normalized spacial score (nSPS) is 54.2. The van der Waals surface area contributed by atoms with Crippen molar-refractivity contribution >= 4 is 11.9 Å². The molecule has 3 heterocycles. The van der Waals surface area contributed by atoms with E-state index in [1.807, 2.05) is 0 Å². The molecule has 0 aromatic carbocycles. The molecule has 0 N–H and O–H groups in total. The summed E-state index contributed by atoms with van der Waals surface area (Å²) in [5.41, 5.74) is -0.109. The van der Waals surface area contributed by atoms with Crippen LogP contribution in [0, 0.1) is 39.9 Å². The van der Waals surface area contributed by atoms with Gasteiger partial charge in [-0.3, -0.25) is 9.59 Å². The van der Waals surface area contributed by atoms with E-state index in [2.05, 4.69) is 27.7 Å². The van der Waals surface area contributed by atoms with Gasteiger partial charge >= 0.3 is 11.9 Å². The number of carbonyl (C=O) groups excluding carboxylic acids is 2. The van der Waals surface area contributed by atoms with E-state index in [1.165, 1.54) is 45.4 Å². The molecule has 0 radical (unpaired) electrons. The molecule has 0 aromatic heterocycles. The quantitative estimate of drug-likeness (QED) is 0.514. The highest BCUT2D eigenvalue weighted by atomic mass is 16.8. The van der Waals surface area contributed by atoms with Crippen molar-refractivity contribution in [3.63, 3.8) is 0 Å². The van der Waals surface area contributed by atoms with Gasteiger partial charge in [-0.2, -0.15) is 0 Å². The molecule has 0 amide bonds. The average molecular weight is 461 g/mol. The van der Waals surface area contributed by atoms with E-state index in [0.29, 0.717) is 22.7 Å². The first-order valence-corrected chi connectivity index (χ1v) is 13.2. The minimum atomic E-state index is -0.995. The van der Waals surface area contributed by atoms with Crippen molar-refractivity contribution < 1.29 is 28.5 Å². The van der Waals surface area contributed by atoms with Gasteiger partial charge in [-0.15, -0.1) is 0 Å². The third kappa shape index (κ3) is 2.92. The highest BCUT2D eigenvalue weighted by Crippen LogP contribution is 2.71. The Labute approximate surface area is 197 Å². The number of carbonyl (C=O) groups is 2. The van der Waals surface area contributed by atoms with Gasteiger partial charge in [-0.05, 0) is 78.9 Å². The molecular weight excluding hydrogens is 420 g/mol. The Morgan fingerprint density at radius 2 is 1.79 bits per heavy atom. The first kappa shape index (κ1) is 22.3. The fourth-order valence-electron chi connectivity index (χ4n) is 10.1. The van der Waals surface area contributed by atoms with Crippen molar-refractivity contribution in [3.05, 3.63) is 0 Å². The zero-order valence-corrected chi connectivity index (χ0v) is 20.9. The molecular formula is C27H40O6. The maximum absolute atomic E-state index is 12.2. The second-order valence-corrected chi connectivity index (χ2v) is 13.3. The smallest absolute Gasteiger partial charge is 0.311 e. The monoisotopic (exact) mass is 460 g/mol. The number of esters is 2. The summed E-state index contributed by atoms with van der Waals surface area (Å²) in [4.78, 5) is 24.4. The van der Waals surface area contributed by atoms with Crippen molar-refractivity contribution in [2.24, 2.45) is 39.9 Å². The third-order valence-corrected chi connectivity index (χ3v) is 11.3. The van der Waals surface area contributed by atoms with Crippen LogP contribution in [0.25, 0.3) is 0 Å². The molecule has 6 nitrogen and oxygen atoms in total. The van der Waals surface area contributed by atoms with E-state index in [-0.39, 0.29) is 36.0 Å². The van der Waals surface area contributed by atoms with Gasteiger partial charge in [-0.1, -0.05) is 34.1 Å². The van der Waals surface area contributed by atoms with Crippen LogP contribution in [-0.2, 0) is 28.5 Å². The van der Waals surface area contributed by atoms with Crippen LogP contribution in [0.5, 0.6) is 0 Å². The predicted octanol–water partition coefficient (Wildman–Crippen LogP) is 4.98. The van der Waals surface area contributed by atoms with Crippen LogP contribution >= 0.6 is 0 Å². The molecule has 6 rings (SSSR count). The third-order valence-electron chi connectivity index (χ3n) is 11.3. The minimum Gasteiger partial charge on any atom is -0.459 e. The van der Waals surface area contributed by atoms with Crippen molar-refractivity contribution in [2.45, 2.75) is 117 Å². The first-order valence-electron chi connectivity index (χ1n) is 13.2. The summed E-state index contributed by atoms with van der Waals surface area (Å²) in [5, 5.41) is 0. The van der Waals surface area contributed by atoms with E-state index in [0.717, 1.165) is 18.8 Å². The zero-order chi connectivity index (χ0) is 23.4. The lowest BCUT2D eigenvalue weighted by atomic mass is 9.38. The van der Waals surface area contributed by atoms with E-state index >= 15 is 0 Å². The SMILES string of the molecule is CC(=O)O[C@@H]1C[C@@H]2[C@H](CCC3[C@@]4(C)CCCC(C)(C)C4CC[C@]32C)[C@H]2O[C@H]3OC(=O)C[C@@]31O2. The van der Waals surface area contributed by atoms with E-state index in [4.69, 9.17) is 18.9 Å². The van der Waals surface area contributed by atoms with Gasteiger partial charge in [0.1, 0.15) is 6.10 Å². The Kier molecular flexibility index (Phi) is 4.71. The van der Waals surface area contributed by atoms with Gasteiger partial charge < -0.3 is 18.9 Å². The number of ether oxygens (including phenoxy) is 4. The molecule has 184 valence electrons. The van der Waals surface area contributed by atoms with Crippen LogP contribution in [0.4, 0.5) is 0 Å². The standard InChI is InChI=1S/C27H40O6/c1-15(28)30-20-13-17-16(22-32-23-27(20,33-22)14-21(29)31-23)7-8-19-25(17,4)12-9-18-24(2,3)10-6-11-26(18,19)5/h16-20,22-23H,6-14H2,1-5H3/t16-,17+,18?,19?,20+,22-,23+,25-,26-,27-/m0/s1. The van der Waals surface area contributed by atoms with Crippen LogP contribution in [0.3, 0.4) is 0 Å². The number of rotatable bonds is 1. The van der Waals surface area contributed by atoms with Crippen LogP contribution in [0.1, 0.15) is 92.4 Å². The van der Waals surface area contributed by atoms with Gasteiger partial charge in [0.05, 0.1) is 6.42 Å². The minimum absolute atomic E-state index is 0.0969. The summed E-state index contributed by atoms with van der Waals surface area (Å²) in [5.74, 6) is 1.32. The van der Waals surface area contributed by atoms with Gasteiger partial charge in [-0.25, -0.2) is 0 Å². The largest absolute Gasteiger partial charge is 0.459 e. The maximum atomic E-state index is 12.2. The molecule has 3 aliphatic carbocycles. The summed E-state index contributed by atoms with van der Waals surface area (Å²) >= 11 is 0. The zero-order valence-electron chi connectivity index (χ0n) is 20.9. The fraction of sp³-hybridized carbons (Fsp3) is 0.926. The molecule has 6 aliphatic rings. The molecule has 6 fully saturated rings. The van der Waals surface area contributed by atoms with Gasteiger partial charge in [0.25, 0.3) is 0 Å². The Bertz CT molecular complexity index is 869. The highest BCUT2D eigenvalue weighted by Gasteiger charge is 2.71. The summed E-state index contributed by atoms with van der Waals surface area (Å²) in [7, 11) is 0. The molecule has 1 spiro atoms. The molecule has 3 aliphatic heterocycles. The molecule has 3 saturated carbocycles. The first-order chi connectivity index (χ1) is 15.5. The van der Waals surface area contributed by atoms with Crippen molar-refractivity contribution in [3.8, 4) is 0 Å². The van der Waals surface area contributed by atoms with Crippen LogP contribution in [0.15, 0.2) is 0 Å². The average Bonchev–Trinajstić information content (AvgIpc) is 3.15. The second-order valence-electron chi connectivity index (χ2n) is 13.3. The predicted molar refractivity (Wildman–Crippen MR) is 120 cm³/mol. The lowest BCUT2D eigenvalue weighted by molar-refractivity contribution is -0.222. The highest BCUT2D eigenvalue weighted by molar-refractivity contribution is 5.74. The Hall–Kier alpha value is -1.14. The molecule has 10 atom stereocenters. The molecule has 3 saturated heterocycles. The molecule has 2 unspecified atom stereocenters. The lowest BCUT2D eigenvalue weighted by Gasteiger charge is -2.67. The van der Waals surface area contributed by atoms with Crippen LogP contribution in [0.2, 0.25) is 0 Å². The molecule has 6 heteroatoms. The van der Waals surface area contributed by atoms with E-state index in [1.54, 1.807) is 0 Å².